The fraction of sp³-hybridized carbons (Fsp3) is 0.263. The smallest absolute Gasteiger partial charge is 0.411 e. The summed E-state index contributed by atoms with van der Waals surface area (Å²) < 4.78 is 133. The molecule has 2 atom stereocenters. The lowest BCUT2D eigenvalue weighted by molar-refractivity contribution is -0.290. The molecular formula is C19H10F6O3. The highest BCUT2D eigenvalue weighted by atomic mass is 19.4. The Morgan fingerprint density at radius 1 is 0.821 bits per heavy atom. The van der Waals surface area contributed by atoms with Crippen molar-refractivity contribution < 1.29 is 45.7 Å². The van der Waals surface area contributed by atoms with E-state index in [0.29, 0.717) is 12.1 Å². The molecule has 28 heavy (non-hydrogen) atoms. The highest BCUT2D eigenvalue weighted by Crippen LogP contribution is 2.63. The van der Waals surface area contributed by atoms with Crippen molar-refractivity contribution in [3.63, 3.8) is 0 Å². The highest BCUT2D eigenvalue weighted by Gasteiger charge is 2.75. The third-order valence-corrected chi connectivity index (χ3v) is 4.90. The van der Waals surface area contributed by atoms with Crippen LogP contribution in [0.5, 0.6) is 11.5 Å². The summed E-state index contributed by atoms with van der Waals surface area (Å²) in [5.41, 5.74) is -7.54. The predicted octanol–water partition coefficient (Wildman–Crippen LogP) is 5.98. The van der Waals surface area contributed by atoms with Crippen LogP contribution in [-0.4, -0.2) is 12.4 Å². The van der Waals surface area contributed by atoms with Crippen LogP contribution >= 0.6 is 0 Å². The number of halogens is 6. The van der Waals surface area contributed by atoms with Crippen molar-refractivity contribution in [1.29, 1.82) is 0 Å². The Morgan fingerprint density at radius 3 is 2.00 bits per heavy atom. The Morgan fingerprint density at radius 2 is 1.36 bits per heavy atom. The van der Waals surface area contributed by atoms with Crippen LogP contribution in [0.4, 0.5) is 26.3 Å². The van der Waals surface area contributed by atoms with Crippen molar-refractivity contribution in [2.75, 3.05) is 0 Å². The van der Waals surface area contributed by atoms with Crippen LogP contribution in [0.1, 0.15) is 27.7 Å². The number of hydrogen-bond acceptors (Lipinski definition) is 3. The minimum Gasteiger partial charge on any atom is -0.471 e. The van der Waals surface area contributed by atoms with Gasteiger partial charge in [0.05, 0.1) is 28.4 Å². The van der Waals surface area contributed by atoms with E-state index in [4.69, 9.17) is 19.4 Å². The Balaban J connectivity index is 1.94. The topological polar surface area (TPSA) is 31.6 Å². The van der Waals surface area contributed by atoms with Gasteiger partial charge in [0.15, 0.2) is 0 Å². The van der Waals surface area contributed by atoms with E-state index >= 15 is 0 Å². The zero-order valence-corrected chi connectivity index (χ0v) is 13.5. The van der Waals surface area contributed by atoms with Crippen LogP contribution in [-0.2, 0) is 23.3 Å². The average Bonchev–Trinajstić information content (AvgIpc) is 3.09. The first kappa shape index (κ1) is 13.5. The van der Waals surface area contributed by atoms with Gasteiger partial charge in [-0.3, -0.25) is 0 Å². The minimum absolute atomic E-state index is 0.0792. The molecule has 2 unspecified atom stereocenters. The molecule has 0 saturated carbocycles. The Kier molecular flexibility index (Phi) is 2.52. The van der Waals surface area contributed by atoms with Crippen molar-refractivity contribution in [1.82, 2.24) is 0 Å². The second kappa shape index (κ2) is 5.22. The zero-order valence-electron chi connectivity index (χ0n) is 17.5. The van der Waals surface area contributed by atoms with Crippen LogP contribution in [0, 0.1) is 0 Å². The molecule has 2 aromatic carbocycles. The number of hydrogen-bond donors (Lipinski definition) is 0. The summed E-state index contributed by atoms with van der Waals surface area (Å²) in [5.74, 6) is -1.60. The van der Waals surface area contributed by atoms with E-state index in [0.717, 1.165) is 12.1 Å². The first-order valence-electron chi connectivity index (χ1n) is 9.96. The number of benzene rings is 2. The summed E-state index contributed by atoms with van der Waals surface area (Å²) in [6.07, 6.45) is -13.2. The van der Waals surface area contributed by atoms with Gasteiger partial charge >= 0.3 is 12.4 Å². The van der Waals surface area contributed by atoms with Crippen LogP contribution in [0.15, 0.2) is 41.2 Å². The number of ether oxygens (including phenoxy) is 2. The molecule has 0 aliphatic carbocycles. The number of fused-ring (bicyclic) bond motifs is 4. The summed E-state index contributed by atoms with van der Waals surface area (Å²) in [5, 5.41) is -0.600. The maximum Gasteiger partial charge on any atom is 0.411 e. The normalized spacial score (nSPS) is 25.1. The summed E-state index contributed by atoms with van der Waals surface area (Å²) in [7, 11) is 0. The summed E-state index contributed by atoms with van der Waals surface area (Å²) in [6.45, 7) is -3.11. The molecule has 0 N–H and O–H groups in total. The lowest BCUT2D eigenvalue weighted by Crippen LogP contribution is -2.56. The Bertz CT molecular complexity index is 1270. The molecule has 1 aromatic heterocycles. The first-order valence-corrected chi connectivity index (χ1v) is 7.81. The molecule has 2 aliphatic rings. The summed E-state index contributed by atoms with van der Waals surface area (Å²) >= 11 is 0. The van der Waals surface area contributed by atoms with E-state index in [-0.39, 0.29) is 16.5 Å². The van der Waals surface area contributed by atoms with Gasteiger partial charge in [0.1, 0.15) is 14.2 Å². The first-order chi connectivity index (χ1) is 14.8. The van der Waals surface area contributed by atoms with E-state index in [1.807, 2.05) is 0 Å². The molecular weight excluding hydrogens is 390 g/mol. The van der Waals surface area contributed by atoms with Gasteiger partial charge in [0.25, 0.3) is 0 Å². The van der Waals surface area contributed by atoms with Gasteiger partial charge in [0.2, 0.25) is 5.41 Å². The molecule has 0 radical (unpaired) electrons. The third kappa shape index (κ3) is 2.05. The van der Waals surface area contributed by atoms with Gasteiger partial charge in [-0.1, -0.05) is 0 Å². The van der Waals surface area contributed by atoms with E-state index < -0.39 is 71.4 Å². The average molecular weight is 404 g/mol. The lowest BCUT2D eigenvalue weighted by Gasteiger charge is -2.42. The lowest BCUT2D eigenvalue weighted by atomic mass is 9.70. The summed E-state index contributed by atoms with van der Waals surface area (Å²) in [4.78, 5) is 0. The quantitative estimate of drug-likeness (QED) is 0.432. The molecule has 3 heterocycles. The molecule has 0 bridgehead atoms. The van der Waals surface area contributed by atoms with Crippen LogP contribution in [0.3, 0.4) is 0 Å². The monoisotopic (exact) mass is 404 g/mol. The van der Waals surface area contributed by atoms with Crippen molar-refractivity contribution >= 4 is 10.8 Å². The standard InChI is InChI=1S/C19H10F6O3/c20-18(21,22)17(19(23,24)25)13-1-9-5-26-7-11(9)3-15(13)28-16-4-12-8-27-6-10(12)2-14(16)17/h1-5,7H,6,8H2/i5D,6D,7D,8D. The van der Waals surface area contributed by atoms with Gasteiger partial charge in [-0.15, -0.1) is 0 Å². The maximum atomic E-state index is 14.5. The van der Waals surface area contributed by atoms with Gasteiger partial charge in [0, 0.05) is 21.9 Å². The van der Waals surface area contributed by atoms with Crippen molar-refractivity contribution in [2.45, 2.75) is 30.9 Å². The van der Waals surface area contributed by atoms with Gasteiger partial charge < -0.3 is 13.9 Å². The zero-order chi connectivity index (χ0) is 23.4. The Hall–Kier alpha value is -2.68. The van der Waals surface area contributed by atoms with E-state index in [1.54, 1.807) is 0 Å². The molecule has 9 heteroatoms. The molecule has 146 valence electrons. The molecule has 3 nitrogen and oxygen atoms in total. The number of furan rings is 1. The molecule has 0 fully saturated rings. The van der Waals surface area contributed by atoms with Crippen molar-refractivity contribution in [3.8, 4) is 11.5 Å². The SMILES string of the molecule is [2H]c1oc([2H])c2cc3c(cc12)Oc1cc2c(cc1C3(C(F)(F)F)C(F)(F)F)C([2H])OC2[2H]. The van der Waals surface area contributed by atoms with Gasteiger partial charge in [-0.25, -0.2) is 0 Å². The second-order valence-corrected chi connectivity index (χ2v) is 6.40. The summed E-state index contributed by atoms with van der Waals surface area (Å²) in [6, 6.07) is 2.72. The largest absolute Gasteiger partial charge is 0.471 e. The fourth-order valence-electron chi connectivity index (χ4n) is 3.67. The maximum absolute atomic E-state index is 14.5. The van der Waals surface area contributed by atoms with E-state index in [2.05, 4.69) is 0 Å². The van der Waals surface area contributed by atoms with Crippen LogP contribution in [0.2, 0.25) is 0 Å². The van der Waals surface area contributed by atoms with E-state index in [1.165, 1.54) is 0 Å². The molecule has 0 saturated heterocycles. The third-order valence-electron chi connectivity index (χ3n) is 4.90. The highest BCUT2D eigenvalue weighted by molar-refractivity contribution is 5.85. The molecule has 3 aromatic rings. The van der Waals surface area contributed by atoms with Crippen molar-refractivity contribution in [3.05, 3.63) is 59.0 Å². The van der Waals surface area contributed by atoms with Gasteiger partial charge in [-0.2, -0.15) is 26.3 Å². The second-order valence-electron chi connectivity index (χ2n) is 6.40. The van der Waals surface area contributed by atoms with Crippen LogP contribution in [0.25, 0.3) is 10.8 Å². The molecule has 2 aliphatic heterocycles. The predicted molar refractivity (Wildman–Crippen MR) is 84.1 cm³/mol. The number of alkyl halides is 6. The van der Waals surface area contributed by atoms with Crippen molar-refractivity contribution in [2.24, 2.45) is 0 Å². The Labute approximate surface area is 159 Å². The fourth-order valence-corrected chi connectivity index (χ4v) is 3.67. The number of rotatable bonds is 0. The molecule has 5 rings (SSSR count). The van der Waals surface area contributed by atoms with Gasteiger partial charge in [-0.05, 0) is 35.4 Å². The van der Waals surface area contributed by atoms with Crippen LogP contribution < -0.4 is 4.74 Å². The molecule has 0 amide bonds. The van der Waals surface area contributed by atoms with E-state index in [9.17, 15) is 26.3 Å². The minimum atomic E-state index is -5.91. The molecule has 0 spiro atoms.